The summed E-state index contributed by atoms with van der Waals surface area (Å²) < 4.78 is 5.34. The third-order valence-corrected chi connectivity index (χ3v) is 2.71. The van der Waals surface area contributed by atoms with E-state index in [9.17, 15) is 4.79 Å². The lowest BCUT2D eigenvalue weighted by molar-refractivity contribution is -0.159. The second-order valence-corrected chi connectivity index (χ2v) is 6.05. The van der Waals surface area contributed by atoms with Crippen molar-refractivity contribution in [3.63, 3.8) is 0 Å². The van der Waals surface area contributed by atoms with E-state index in [1.54, 1.807) is 0 Å². The molecule has 0 aliphatic heterocycles. The SMILES string of the molecule is Cc1ccc(CNC[C@@H](C)C(=O)OC(C)(C)C)cc1. The maximum absolute atomic E-state index is 11.8. The molecule has 0 unspecified atom stereocenters. The van der Waals surface area contributed by atoms with E-state index in [1.165, 1.54) is 11.1 Å². The zero-order valence-corrected chi connectivity index (χ0v) is 12.6. The van der Waals surface area contributed by atoms with Crippen molar-refractivity contribution in [2.45, 2.75) is 46.8 Å². The minimum atomic E-state index is -0.414. The highest BCUT2D eigenvalue weighted by atomic mass is 16.6. The number of carbonyl (C=O) groups is 1. The highest BCUT2D eigenvalue weighted by Crippen LogP contribution is 2.11. The molecule has 106 valence electrons. The van der Waals surface area contributed by atoms with Gasteiger partial charge in [-0.1, -0.05) is 36.8 Å². The minimum absolute atomic E-state index is 0.135. The molecular formula is C16H25NO2. The summed E-state index contributed by atoms with van der Waals surface area (Å²) in [5.74, 6) is -0.284. The molecule has 0 spiro atoms. The van der Waals surface area contributed by atoms with Crippen molar-refractivity contribution in [3.8, 4) is 0 Å². The summed E-state index contributed by atoms with van der Waals surface area (Å²) in [4.78, 5) is 11.8. The number of hydrogen-bond acceptors (Lipinski definition) is 3. The van der Waals surface area contributed by atoms with Gasteiger partial charge in [-0.3, -0.25) is 4.79 Å². The lowest BCUT2D eigenvalue weighted by Gasteiger charge is -2.22. The first-order chi connectivity index (χ1) is 8.78. The normalized spacial score (nSPS) is 13.1. The number of rotatable bonds is 5. The van der Waals surface area contributed by atoms with Gasteiger partial charge in [-0.05, 0) is 33.3 Å². The Morgan fingerprint density at radius 3 is 2.37 bits per heavy atom. The van der Waals surface area contributed by atoms with E-state index in [4.69, 9.17) is 4.74 Å². The third kappa shape index (κ3) is 6.39. The predicted molar refractivity (Wildman–Crippen MR) is 77.9 cm³/mol. The van der Waals surface area contributed by atoms with Gasteiger partial charge in [0.25, 0.3) is 0 Å². The van der Waals surface area contributed by atoms with E-state index < -0.39 is 5.60 Å². The van der Waals surface area contributed by atoms with Gasteiger partial charge in [-0.25, -0.2) is 0 Å². The summed E-state index contributed by atoms with van der Waals surface area (Å²) in [6, 6.07) is 8.38. The molecule has 0 amide bonds. The quantitative estimate of drug-likeness (QED) is 0.830. The van der Waals surface area contributed by atoms with Crippen molar-refractivity contribution < 1.29 is 9.53 Å². The number of ether oxygens (including phenoxy) is 1. The van der Waals surface area contributed by atoms with Crippen molar-refractivity contribution in [1.29, 1.82) is 0 Å². The molecule has 3 nitrogen and oxygen atoms in total. The van der Waals surface area contributed by atoms with Crippen LogP contribution in [0, 0.1) is 12.8 Å². The summed E-state index contributed by atoms with van der Waals surface area (Å²) in [7, 11) is 0. The van der Waals surface area contributed by atoms with Crippen LogP contribution in [-0.4, -0.2) is 18.1 Å². The number of esters is 1. The highest BCUT2D eigenvalue weighted by Gasteiger charge is 2.21. The first-order valence-corrected chi connectivity index (χ1v) is 6.77. The molecule has 0 aromatic heterocycles. The number of aryl methyl sites for hydroxylation is 1. The molecule has 1 N–H and O–H groups in total. The minimum Gasteiger partial charge on any atom is -0.460 e. The number of hydrogen-bond donors (Lipinski definition) is 1. The molecule has 19 heavy (non-hydrogen) atoms. The number of carbonyl (C=O) groups excluding carboxylic acids is 1. The van der Waals surface area contributed by atoms with Crippen molar-refractivity contribution in [1.82, 2.24) is 5.32 Å². The largest absolute Gasteiger partial charge is 0.460 e. The topological polar surface area (TPSA) is 38.3 Å². The molecule has 1 aromatic carbocycles. The van der Waals surface area contributed by atoms with Crippen LogP contribution in [0.4, 0.5) is 0 Å². The summed E-state index contributed by atoms with van der Waals surface area (Å²) >= 11 is 0. The van der Waals surface area contributed by atoms with Gasteiger partial charge in [-0.2, -0.15) is 0 Å². The molecule has 0 saturated heterocycles. The van der Waals surface area contributed by atoms with Crippen LogP contribution in [0.3, 0.4) is 0 Å². The van der Waals surface area contributed by atoms with Crippen LogP contribution in [0.2, 0.25) is 0 Å². The Bertz CT molecular complexity index is 404. The molecule has 0 fully saturated rings. The molecule has 0 bridgehead atoms. The molecule has 0 heterocycles. The smallest absolute Gasteiger partial charge is 0.310 e. The van der Waals surface area contributed by atoms with Gasteiger partial charge in [-0.15, -0.1) is 0 Å². The fraction of sp³-hybridized carbons (Fsp3) is 0.562. The maximum Gasteiger partial charge on any atom is 0.310 e. The lowest BCUT2D eigenvalue weighted by Crippen LogP contribution is -2.32. The summed E-state index contributed by atoms with van der Waals surface area (Å²) in [6.07, 6.45) is 0. The van der Waals surface area contributed by atoms with Gasteiger partial charge >= 0.3 is 5.97 Å². The van der Waals surface area contributed by atoms with Gasteiger partial charge in [0.15, 0.2) is 0 Å². The third-order valence-electron chi connectivity index (χ3n) is 2.71. The summed E-state index contributed by atoms with van der Waals surface area (Å²) in [5.41, 5.74) is 2.07. The predicted octanol–water partition coefficient (Wildman–Crippen LogP) is 3.06. The Morgan fingerprint density at radius 1 is 1.26 bits per heavy atom. The Morgan fingerprint density at radius 2 is 1.84 bits per heavy atom. The number of nitrogens with one attached hydrogen (secondary N) is 1. The molecule has 1 atom stereocenters. The van der Waals surface area contributed by atoms with E-state index in [-0.39, 0.29) is 11.9 Å². The molecule has 1 aromatic rings. The Hall–Kier alpha value is -1.35. The number of benzene rings is 1. The van der Waals surface area contributed by atoms with E-state index in [0.717, 1.165) is 6.54 Å². The standard InChI is InChI=1S/C16H25NO2/c1-12-6-8-14(9-7-12)11-17-10-13(2)15(18)19-16(3,4)5/h6-9,13,17H,10-11H2,1-5H3/t13-/m1/s1. The zero-order valence-electron chi connectivity index (χ0n) is 12.6. The fourth-order valence-corrected chi connectivity index (χ4v) is 1.62. The molecule has 0 radical (unpaired) electrons. The van der Waals surface area contributed by atoms with E-state index >= 15 is 0 Å². The van der Waals surface area contributed by atoms with Crippen LogP contribution in [0.25, 0.3) is 0 Å². The second-order valence-electron chi connectivity index (χ2n) is 6.05. The van der Waals surface area contributed by atoms with Crippen molar-refractivity contribution in [3.05, 3.63) is 35.4 Å². The van der Waals surface area contributed by atoms with E-state index in [0.29, 0.717) is 6.54 Å². The molecular weight excluding hydrogens is 238 g/mol. The van der Waals surface area contributed by atoms with Crippen LogP contribution >= 0.6 is 0 Å². The van der Waals surface area contributed by atoms with Gasteiger partial charge < -0.3 is 10.1 Å². The van der Waals surface area contributed by atoms with Gasteiger partial charge in [0.1, 0.15) is 5.60 Å². The Kier molecular flexibility index (Phi) is 5.55. The van der Waals surface area contributed by atoms with Crippen LogP contribution in [-0.2, 0) is 16.1 Å². The maximum atomic E-state index is 11.8. The average Bonchev–Trinajstić information content (AvgIpc) is 2.29. The van der Waals surface area contributed by atoms with Gasteiger partial charge in [0, 0.05) is 13.1 Å². The molecule has 0 saturated carbocycles. The van der Waals surface area contributed by atoms with E-state index in [1.807, 2.05) is 27.7 Å². The summed E-state index contributed by atoms with van der Waals surface area (Å²) in [5, 5.41) is 3.29. The fourth-order valence-electron chi connectivity index (χ4n) is 1.62. The van der Waals surface area contributed by atoms with Crippen LogP contribution in [0.1, 0.15) is 38.8 Å². The summed E-state index contributed by atoms with van der Waals surface area (Å²) in [6.45, 7) is 11.0. The average molecular weight is 263 g/mol. The van der Waals surface area contributed by atoms with Gasteiger partial charge in [0.2, 0.25) is 0 Å². The van der Waals surface area contributed by atoms with Gasteiger partial charge in [0.05, 0.1) is 5.92 Å². The Labute approximate surface area is 116 Å². The molecule has 3 heteroatoms. The lowest BCUT2D eigenvalue weighted by atomic mass is 10.1. The first kappa shape index (κ1) is 15.7. The monoisotopic (exact) mass is 263 g/mol. The van der Waals surface area contributed by atoms with Crippen molar-refractivity contribution >= 4 is 5.97 Å². The molecule has 0 aliphatic rings. The van der Waals surface area contributed by atoms with Crippen LogP contribution in [0.5, 0.6) is 0 Å². The molecule has 0 aliphatic carbocycles. The first-order valence-electron chi connectivity index (χ1n) is 6.77. The zero-order chi connectivity index (χ0) is 14.5. The highest BCUT2D eigenvalue weighted by molar-refractivity contribution is 5.72. The second kappa shape index (κ2) is 6.71. The molecule has 1 rings (SSSR count). The van der Waals surface area contributed by atoms with Crippen molar-refractivity contribution in [2.24, 2.45) is 5.92 Å². The van der Waals surface area contributed by atoms with Crippen LogP contribution in [0.15, 0.2) is 24.3 Å². The van der Waals surface area contributed by atoms with E-state index in [2.05, 4.69) is 36.5 Å². The van der Waals surface area contributed by atoms with Crippen LogP contribution < -0.4 is 5.32 Å². The van der Waals surface area contributed by atoms with Crippen molar-refractivity contribution in [2.75, 3.05) is 6.54 Å². The Balaban J connectivity index is 2.32.